The zero-order valence-corrected chi connectivity index (χ0v) is 9.95. The van der Waals surface area contributed by atoms with E-state index in [0.29, 0.717) is 12.0 Å². The lowest BCUT2D eigenvalue weighted by Crippen LogP contribution is -2.09. The van der Waals surface area contributed by atoms with E-state index >= 15 is 0 Å². The highest BCUT2D eigenvalue weighted by atomic mass is 16.5. The van der Waals surface area contributed by atoms with Crippen molar-refractivity contribution in [2.45, 2.75) is 40.2 Å². The van der Waals surface area contributed by atoms with Crippen molar-refractivity contribution in [1.29, 1.82) is 0 Å². The van der Waals surface area contributed by atoms with Gasteiger partial charge < -0.3 is 9.47 Å². The van der Waals surface area contributed by atoms with Crippen molar-refractivity contribution in [3.8, 4) is 0 Å². The van der Waals surface area contributed by atoms with Gasteiger partial charge in [-0.05, 0) is 38.0 Å². The molecule has 2 nitrogen and oxygen atoms in total. The molecule has 0 aromatic rings. The Bertz CT molecular complexity index is 154. The molecule has 2 unspecified atom stereocenters. The summed E-state index contributed by atoms with van der Waals surface area (Å²) >= 11 is 0. The van der Waals surface area contributed by atoms with Crippen molar-refractivity contribution in [2.75, 3.05) is 19.8 Å². The number of hydrogen-bond acceptors (Lipinski definition) is 2. The first kappa shape index (κ1) is 12.0. The monoisotopic (exact) mass is 200 g/mol. The normalized spacial score (nSPS) is 26.1. The molecular formula is C12H24O2. The topological polar surface area (TPSA) is 18.5 Å². The zero-order chi connectivity index (χ0) is 10.6. The highest BCUT2D eigenvalue weighted by Crippen LogP contribution is 2.38. The summed E-state index contributed by atoms with van der Waals surface area (Å²) in [5, 5.41) is 0. The third kappa shape index (κ3) is 4.97. The maximum absolute atomic E-state index is 5.60. The molecule has 0 aromatic carbocycles. The van der Waals surface area contributed by atoms with Crippen LogP contribution in [0.25, 0.3) is 0 Å². The van der Waals surface area contributed by atoms with Crippen LogP contribution in [0.3, 0.4) is 0 Å². The fourth-order valence-electron chi connectivity index (χ4n) is 1.49. The summed E-state index contributed by atoms with van der Waals surface area (Å²) in [6.45, 7) is 11.3. The van der Waals surface area contributed by atoms with Gasteiger partial charge in [0.05, 0.1) is 12.7 Å². The van der Waals surface area contributed by atoms with E-state index in [-0.39, 0.29) is 0 Å². The molecule has 0 heterocycles. The van der Waals surface area contributed by atoms with Gasteiger partial charge in [-0.2, -0.15) is 0 Å². The minimum absolute atomic E-state index is 0.368. The van der Waals surface area contributed by atoms with Gasteiger partial charge in [-0.15, -0.1) is 0 Å². The van der Waals surface area contributed by atoms with Crippen molar-refractivity contribution in [3.05, 3.63) is 0 Å². The minimum atomic E-state index is 0.368. The molecule has 1 rings (SSSR count). The standard InChI is InChI=1S/C12H24O2/c1-9(2)6-13-7-11-5-12(11)8-14-10(3)4/h9-12H,5-8H2,1-4H3. The first-order valence-electron chi connectivity index (χ1n) is 5.79. The third-order valence-electron chi connectivity index (χ3n) is 2.50. The summed E-state index contributed by atoms with van der Waals surface area (Å²) in [5.74, 6) is 2.19. The fourth-order valence-corrected chi connectivity index (χ4v) is 1.49. The summed E-state index contributed by atoms with van der Waals surface area (Å²) in [4.78, 5) is 0. The average Bonchev–Trinajstić information content (AvgIpc) is 2.79. The predicted molar refractivity (Wildman–Crippen MR) is 58.3 cm³/mol. The Hall–Kier alpha value is -0.0800. The Morgan fingerprint density at radius 3 is 2.29 bits per heavy atom. The van der Waals surface area contributed by atoms with E-state index in [0.717, 1.165) is 31.7 Å². The number of hydrogen-bond donors (Lipinski definition) is 0. The Morgan fingerprint density at radius 1 is 1.07 bits per heavy atom. The fraction of sp³-hybridized carbons (Fsp3) is 1.00. The highest BCUT2D eigenvalue weighted by molar-refractivity contribution is 4.85. The second-order valence-corrected chi connectivity index (χ2v) is 5.07. The van der Waals surface area contributed by atoms with Crippen LogP contribution in [0.15, 0.2) is 0 Å². The lowest BCUT2D eigenvalue weighted by atomic mass is 10.2. The first-order chi connectivity index (χ1) is 6.59. The van der Waals surface area contributed by atoms with Crippen LogP contribution in [0.5, 0.6) is 0 Å². The van der Waals surface area contributed by atoms with Gasteiger partial charge in [0.15, 0.2) is 0 Å². The molecule has 0 saturated heterocycles. The molecule has 14 heavy (non-hydrogen) atoms. The number of ether oxygens (including phenoxy) is 2. The number of rotatable bonds is 7. The van der Waals surface area contributed by atoms with Gasteiger partial charge in [0.2, 0.25) is 0 Å². The summed E-state index contributed by atoms with van der Waals surface area (Å²) in [7, 11) is 0. The maximum atomic E-state index is 5.60. The van der Waals surface area contributed by atoms with Gasteiger partial charge in [0.1, 0.15) is 0 Å². The summed E-state index contributed by atoms with van der Waals surface area (Å²) in [6, 6.07) is 0. The predicted octanol–water partition coefficient (Wildman–Crippen LogP) is 2.72. The molecule has 0 aromatic heterocycles. The molecule has 1 saturated carbocycles. The summed E-state index contributed by atoms with van der Waals surface area (Å²) in [6.07, 6.45) is 1.66. The first-order valence-corrected chi connectivity index (χ1v) is 5.79. The van der Waals surface area contributed by atoms with E-state index in [9.17, 15) is 0 Å². The Balaban J connectivity index is 1.92. The van der Waals surface area contributed by atoms with E-state index in [1.165, 1.54) is 6.42 Å². The molecule has 1 aliphatic rings. The van der Waals surface area contributed by atoms with Crippen LogP contribution in [-0.2, 0) is 9.47 Å². The molecular weight excluding hydrogens is 176 g/mol. The van der Waals surface area contributed by atoms with Gasteiger partial charge in [0, 0.05) is 13.2 Å². The van der Waals surface area contributed by atoms with E-state index in [1.54, 1.807) is 0 Å². The van der Waals surface area contributed by atoms with Crippen LogP contribution in [0.4, 0.5) is 0 Å². The van der Waals surface area contributed by atoms with Crippen molar-refractivity contribution in [2.24, 2.45) is 17.8 Å². The van der Waals surface area contributed by atoms with Crippen molar-refractivity contribution in [3.63, 3.8) is 0 Å². The van der Waals surface area contributed by atoms with Crippen LogP contribution < -0.4 is 0 Å². The van der Waals surface area contributed by atoms with Crippen LogP contribution in [-0.4, -0.2) is 25.9 Å². The third-order valence-corrected chi connectivity index (χ3v) is 2.50. The van der Waals surface area contributed by atoms with E-state index in [4.69, 9.17) is 9.47 Å². The van der Waals surface area contributed by atoms with E-state index in [2.05, 4.69) is 27.7 Å². The van der Waals surface area contributed by atoms with Gasteiger partial charge in [-0.3, -0.25) is 0 Å². The molecule has 1 fully saturated rings. The van der Waals surface area contributed by atoms with E-state index < -0.39 is 0 Å². The van der Waals surface area contributed by atoms with Gasteiger partial charge in [-0.25, -0.2) is 0 Å². The van der Waals surface area contributed by atoms with E-state index in [1.807, 2.05) is 0 Å². The smallest absolute Gasteiger partial charge is 0.0519 e. The average molecular weight is 200 g/mol. The SMILES string of the molecule is CC(C)COCC1CC1COC(C)C. The molecule has 0 aliphatic heterocycles. The quantitative estimate of drug-likeness (QED) is 0.629. The molecule has 1 aliphatic carbocycles. The van der Waals surface area contributed by atoms with Gasteiger partial charge in [0.25, 0.3) is 0 Å². The molecule has 0 N–H and O–H groups in total. The van der Waals surface area contributed by atoms with Crippen LogP contribution in [0, 0.1) is 17.8 Å². The Morgan fingerprint density at radius 2 is 1.71 bits per heavy atom. The summed E-state index contributed by atoms with van der Waals surface area (Å²) < 4.78 is 11.2. The lowest BCUT2D eigenvalue weighted by molar-refractivity contribution is 0.0574. The second kappa shape index (κ2) is 5.72. The van der Waals surface area contributed by atoms with Crippen molar-refractivity contribution >= 4 is 0 Å². The Labute approximate surface area is 88.0 Å². The van der Waals surface area contributed by atoms with Gasteiger partial charge >= 0.3 is 0 Å². The Kier molecular flexibility index (Phi) is 4.90. The highest BCUT2D eigenvalue weighted by Gasteiger charge is 2.37. The minimum Gasteiger partial charge on any atom is -0.381 e. The van der Waals surface area contributed by atoms with Crippen LogP contribution >= 0.6 is 0 Å². The molecule has 0 amide bonds. The van der Waals surface area contributed by atoms with Crippen molar-refractivity contribution < 1.29 is 9.47 Å². The zero-order valence-electron chi connectivity index (χ0n) is 9.95. The maximum Gasteiger partial charge on any atom is 0.0519 e. The summed E-state index contributed by atoms with van der Waals surface area (Å²) in [5.41, 5.74) is 0. The molecule has 84 valence electrons. The van der Waals surface area contributed by atoms with Crippen LogP contribution in [0.2, 0.25) is 0 Å². The van der Waals surface area contributed by atoms with Crippen molar-refractivity contribution in [1.82, 2.24) is 0 Å². The molecule has 0 radical (unpaired) electrons. The lowest BCUT2D eigenvalue weighted by Gasteiger charge is -2.08. The molecule has 0 spiro atoms. The molecule has 0 bridgehead atoms. The largest absolute Gasteiger partial charge is 0.381 e. The van der Waals surface area contributed by atoms with Crippen LogP contribution in [0.1, 0.15) is 34.1 Å². The van der Waals surface area contributed by atoms with Gasteiger partial charge in [-0.1, -0.05) is 13.8 Å². The second-order valence-electron chi connectivity index (χ2n) is 5.07. The molecule has 2 atom stereocenters. The molecule has 2 heteroatoms.